The van der Waals surface area contributed by atoms with Crippen molar-refractivity contribution < 1.29 is 9.21 Å². The number of aryl methyl sites for hydroxylation is 1. The summed E-state index contributed by atoms with van der Waals surface area (Å²) in [6.45, 7) is 6.03. The highest BCUT2D eigenvalue weighted by molar-refractivity contribution is 6.01. The second-order valence-corrected chi connectivity index (χ2v) is 6.06. The quantitative estimate of drug-likeness (QED) is 0.745. The Morgan fingerprint density at radius 1 is 1.16 bits per heavy atom. The fraction of sp³-hybridized carbons (Fsp3) is 0.333. The summed E-state index contributed by atoms with van der Waals surface area (Å²) >= 11 is 0. The lowest BCUT2D eigenvalue weighted by molar-refractivity contribution is 0.101. The molecular weight excluding hydrogens is 318 g/mol. The zero-order valence-electron chi connectivity index (χ0n) is 14.6. The molecule has 0 saturated carbocycles. The van der Waals surface area contributed by atoms with Gasteiger partial charge < -0.3 is 4.42 Å². The fourth-order valence-electron chi connectivity index (χ4n) is 2.51. The van der Waals surface area contributed by atoms with Crippen molar-refractivity contribution in [2.45, 2.75) is 39.7 Å². The van der Waals surface area contributed by atoms with Crippen LogP contribution in [0, 0.1) is 0 Å². The third-order valence-electron chi connectivity index (χ3n) is 3.87. The van der Waals surface area contributed by atoms with E-state index in [1.165, 1.54) is 5.56 Å². The molecule has 25 heavy (non-hydrogen) atoms. The first kappa shape index (κ1) is 16.9. The van der Waals surface area contributed by atoms with Gasteiger partial charge in [0.25, 0.3) is 5.91 Å². The Kier molecular flexibility index (Phi) is 4.92. The van der Waals surface area contributed by atoms with Gasteiger partial charge in [-0.3, -0.25) is 14.8 Å². The summed E-state index contributed by atoms with van der Waals surface area (Å²) in [7, 11) is 0. The van der Waals surface area contributed by atoms with Crippen molar-refractivity contribution in [3.63, 3.8) is 0 Å². The van der Waals surface area contributed by atoms with Crippen LogP contribution in [0.15, 0.2) is 40.9 Å². The van der Waals surface area contributed by atoms with Crippen LogP contribution in [0.2, 0.25) is 0 Å². The van der Waals surface area contributed by atoms with Gasteiger partial charge in [0, 0.05) is 12.2 Å². The molecular formula is C18H21N5O2. The normalized spacial score (nSPS) is 11.0. The van der Waals surface area contributed by atoms with Crippen LogP contribution in [0.3, 0.4) is 0 Å². The number of nitrogens with zero attached hydrogens (tertiary/aromatic N) is 4. The molecule has 0 radical (unpaired) electrons. The number of carbonyl (C=O) groups excluding carboxylic acids is 1. The van der Waals surface area contributed by atoms with Gasteiger partial charge >= 0.3 is 6.01 Å². The Labute approximate surface area is 146 Å². The van der Waals surface area contributed by atoms with Crippen LogP contribution in [-0.4, -0.2) is 25.9 Å². The van der Waals surface area contributed by atoms with Crippen LogP contribution < -0.4 is 5.32 Å². The number of benzene rings is 1. The van der Waals surface area contributed by atoms with Crippen molar-refractivity contribution in [1.82, 2.24) is 20.0 Å². The predicted molar refractivity (Wildman–Crippen MR) is 93.5 cm³/mol. The molecule has 1 N–H and O–H groups in total. The molecule has 0 saturated heterocycles. The fourth-order valence-corrected chi connectivity index (χ4v) is 2.51. The molecule has 1 amide bonds. The molecule has 0 unspecified atom stereocenters. The first-order chi connectivity index (χ1) is 12.1. The monoisotopic (exact) mass is 339 g/mol. The number of anilines is 1. The third kappa shape index (κ3) is 3.93. The molecule has 3 rings (SSSR count). The topological polar surface area (TPSA) is 85.8 Å². The molecule has 0 atom stereocenters. The molecule has 2 aromatic heterocycles. The minimum atomic E-state index is -0.325. The largest absolute Gasteiger partial charge is 0.407 e. The van der Waals surface area contributed by atoms with Gasteiger partial charge in [0.15, 0.2) is 0 Å². The van der Waals surface area contributed by atoms with Crippen molar-refractivity contribution in [2.75, 3.05) is 5.32 Å². The highest BCUT2D eigenvalue weighted by Crippen LogP contribution is 2.14. The van der Waals surface area contributed by atoms with E-state index >= 15 is 0 Å². The summed E-state index contributed by atoms with van der Waals surface area (Å²) in [4.78, 5) is 12.3. The molecule has 3 aromatic rings. The van der Waals surface area contributed by atoms with Crippen LogP contribution in [0.25, 0.3) is 0 Å². The molecule has 0 bridgehead atoms. The lowest BCUT2D eigenvalue weighted by Crippen LogP contribution is -2.19. The minimum Gasteiger partial charge on any atom is -0.407 e. The molecule has 0 fully saturated rings. The highest BCUT2D eigenvalue weighted by atomic mass is 16.4. The zero-order chi connectivity index (χ0) is 17.8. The minimum absolute atomic E-state index is 0.0834. The second-order valence-electron chi connectivity index (χ2n) is 6.06. The molecule has 130 valence electrons. The standard InChI is InChI=1S/C18H21N5O2/c1-4-13-5-7-14(8-6-13)11-16-21-22-18(25-16)20-17(24)15-9-10-19-23(15)12(2)3/h5-10,12H,4,11H2,1-3H3,(H,20,22,24). The average molecular weight is 339 g/mol. The maximum atomic E-state index is 12.3. The van der Waals surface area contributed by atoms with Gasteiger partial charge in [-0.25, -0.2) is 0 Å². The zero-order valence-corrected chi connectivity index (χ0v) is 14.6. The van der Waals surface area contributed by atoms with Gasteiger partial charge in [-0.05, 0) is 37.5 Å². The van der Waals surface area contributed by atoms with E-state index in [4.69, 9.17) is 4.42 Å². The number of nitrogens with one attached hydrogen (secondary N) is 1. The van der Waals surface area contributed by atoms with Crippen molar-refractivity contribution in [2.24, 2.45) is 0 Å². The summed E-state index contributed by atoms with van der Waals surface area (Å²) in [6.07, 6.45) is 3.12. The van der Waals surface area contributed by atoms with Crippen LogP contribution >= 0.6 is 0 Å². The molecule has 0 aliphatic heterocycles. The average Bonchev–Trinajstić information content (AvgIpc) is 3.25. The maximum Gasteiger partial charge on any atom is 0.322 e. The molecule has 7 nitrogen and oxygen atoms in total. The Balaban J connectivity index is 1.66. The van der Waals surface area contributed by atoms with E-state index < -0.39 is 0 Å². The highest BCUT2D eigenvalue weighted by Gasteiger charge is 2.17. The number of aromatic nitrogens is 4. The maximum absolute atomic E-state index is 12.3. The van der Waals surface area contributed by atoms with Gasteiger partial charge in [0.2, 0.25) is 5.89 Å². The third-order valence-corrected chi connectivity index (χ3v) is 3.87. The number of hydrogen-bond acceptors (Lipinski definition) is 5. The van der Waals surface area contributed by atoms with Crippen LogP contribution in [0.4, 0.5) is 6.01 Å². The van der Waals surface area contributed by atoms with Gasteiger partial charge in [-0.15, -0.1) is 5.10 Å². The van der Waals surface area contributed by atoms with E-state index in [1.807, 2.05) is 26.0 Å². The van der Waals surface area contributed by atoms with Gasteiger partial charge in [-0.1, -0.05) is 36.3 Å². The van der Waals surface area contributed by atoms with E-state index in [1.54, 1.807) is 16.9 Å². The number of carbonyl (C=O) groups is 1. The van der Waals surface area contributed by atoms with Crippen LogP contribution in [0.1, 0.15) is 54.3 Å². The molecule has 0 aliphatic rings. The summed E-state index contributed by atoms with van der Waals surface area (Å²) in [5.74, 6) is 0.130. The Bertz CT molecular complexity index is 848. The SMILES string of the molecule is CCc1ccc(Cc2nnc(NC(=O)c3ccnn3C(C)C)o2)cc1. The van der Waals surface area contributed by atoms with Crippen LogP contribution in [0.5, 0.6) is 0 Å². The Hall–Kier alpha value is -2.96. The summed E-state index contributed by atoms with van der Waals surface area (Å²) < 4.78 is 7.17. The summed E-state index contributed by atoms with van der Waals surface area (Å²) in [6, 6.07) is 10.1. The number of hydrogen-bond donors (Lipinski definition) is 1. The Morgan fingerprint density at radius 3 is 2.56 bits per heavy atom. The first-order valence-corrected chi connectivity index (χ1v) is 8.32. The number of rotatable bonds is 6. The van der Waals surface area contributed by atoms with E-state index in [0.717, 1.165) is 12.0 Å². The molecule has 7 heteroatoms. The predicted octanol–water partition coefficient (Wildman–Crippen LogP) is 3.25. The van der Waals surface area contributed by atoms with Gasteiger partial charge in [-0.2, -0.15) is 5.10 Å². The molecule has 0 aliphatic carbocycles. The Morgan fingerprint density at radius 2 is 1.88 bits per heavy atom. The molecule has 1 aromatic carbocycles. The van der Waals surface area contributed by atoms with Crippen molar-refractivity contribution in [3.05, 3.63) is 59.2 Å². The summed E-state index contributed by atoms with van der Waals surface area (Å²) in [5.41, 5.74) is 2.81. The van der Waals surface area contributed by atoms with Gasteiger partial charge in [0.05, 0.1) is 6.42 Å². The van der Waals surface area contributed by atoms with E-state index in [-0.39, 0.29) is 18.0 Å². The van der Waals surface area contributed by atoms with E-state index in [9.17, 15) is 4.79 Å². The lowest BCUT2D eigenvalue weighted by Gasteiger charge is -2.09. The molecule has 2 heterocycles. The van der Waals surface area contributed by atoms with Crippen LogP contribution in [-0.2, 0) is 12.8 Å². The van der Waals surface area contributed by atoms with Crippen molar-refractivity contribution >= 4 is 11.9 Å². The van der Waals surface area contributed by atoms with Gasteiger partial charge in [0.1, 0.15) is 5.69 Å². The smallest absolute Gasteiger partial charge is 0.322 e. The first-order valence-electron chi connectivity index (χ1n) is 8.32. The van der Waals surface area contributed by atoms with E-state index in [2.05, 4.69) is 39.7 Å². The summed E-state index contributed by atoms with van der Waals surface area (Å²) in [5, 5.41) is 14.7. The lowest BCUT2D eigenvalue weighted by atomic mass is 10.1. The van der Waals surface area contributed by atoms with E-state index in [0.29, 0.717) is 18.0 Å². The number of amides is 1. The second kappa shape index (κ2) is 7.29. The molecule has 0 spiro atoms. The van der Waals surface area contributed by atoms with Crippen molar-refractivity contribution in [3.8, 4) is 0 Å². The van der Waals surface area contributed by atoms with Crippen molar-refractivity contribution in [1.29, 1.82) is 0 Å².